The number of aromatic nitrogens is 1. The molecule has 0 saturated carbocycles. The molecule has 1 fully saturated rings. The van der Waals surface area contributed by atoms with E-state index in [0.29, 0.717) is 37.3 Å². The second kappa shape index (κ2) is 7.43. The Balaban J connectivity index is 1.53. The number of piperazine rings is 1. The molecule has 1 aliphatic rings. The lowest BCUT2D eigenvalue weighted by molar-refractivity contribution is 0.0536. The second-order valence-electron chi connectivity index (χ2n) is 7.28. The van der Waals surface area contributed by atoms with Crippen LogP contribution in [0.5, 0.6) is 0 Å². The van der Waals surface area contributed by atoms with Crippen LogP contribution < -0.4 is 0 Å². The van der Waals surface area contributed by atoms with Crippen molar-refractivity contribution >= 4 is 22.7 Å². The van der Waals surface area contributed by atoms with Crippen LogP contribution in [-0.4, -0.2) is 52.8 Å². The van der Waals surface area contributed by atoms with Gasteiger partial charge in [-0.25, -0.2) is 0 Å². The van der Waals surface area contributed by atoms with Crippen molar-refractivity contribution in [1.82, 2.24) is 14.8 Å². The smallest absolute Gasteiger partial charge is 0.254 e. The van der Waals surface area contributed by atoms with Gasteiger partial charge in [0.15, 0.2) is 0 Å². The molecule has 5 nitrogen and oxygen atoms in total. The highest BCUT2D eigenvalue weighted by Gasteiger charge is 2.26. The fourth-order valence-corrected chi connectivity index (χ4v) is 3.70. The summed E-state index contributed by atoms with van der Waals surface area (Å²) in [6, 6.07) is 17.1. The molecule has 0 unspecified atom stereocenters. The number of hydrogen-bond donors (Lipinski definition) is 0. The van der Waals surface area contributed by atoms with Crippen molar-refractivity contribution in [3.8, 4) is 0 Å². The number of carbonyl (C=O) groups is 2. The van der Waals surface area contributed by atoms with Gasteiger partial charge in [-0.3, -0.25) is 14.6 Å². The summed E-state index contributed by atoms with van der Waals surface area (Å²) in [5.41, 5.74) is 4.15. The van der Waals surface area contributed by atoms with Gasteiger partial charge < -0.3 is 9.80 Å². The van der Waals surface area contributed by atoms with Crippen LogP contribution in [0.3, 0.4) is 0 Å². The van der Waals surface area contributed by atoms with Crippen molar-refractivity contribution in [2.45, 2.75) is 13.8 Å². The molecule has 2 aromatic carbocycles. The number of hydrogen-bond acceptors (Lipinski definition) is 3. The Morgan fingerprint density at radius 1 is 0.821 bits per heavy atom. The van der Waals surface area contributed by atoms with E-state index in [9.17, 15) is 9.59 Å². The van der Waals surface area contributed by atoms with Crippen LogP contribution in [0.25, 0.3) is 10.9 Å². The Morgan fingerprint density at radius 2 is 1.46 bits per heavy atom. The van der Waals surface area contributed by atoms with E-state index in [0.717, 1.165) is 22.2 Å². The molecule has 2 amide bonds. The molecule has 0 radical (unpaired) electrons. The Kier molecular flexibility index (Phi) is 4.82. The monoisotopic (exact) mass is 373 g/mol. The maximum atomic E-state index is 13.2. The predicted molar refractivity (Wildman–Crippen MR) is 109 cm³/mol. The van der Waals surface area contributed by atoms with E-state index in [1.54, 1.807) is 0 Å². The largest absolute Gasteiger partial charge is 0.335 e. The molecule has 5 heteroatoms. The van der Waals surface area contributed by atoms with Crippen molar-refractivity contribution in [2.24, 2.45) is 0 Å². The molecule has 1 aromatic heterocycles. The molecular weight excluding hydrogens is 350 g/mol. The minimum Gasteiger partial charge on any atom is -0.335 e. The van der Waals surface area contributed by atoms with E-state index in [2.05, 4.69) is 4.98 Å². The highest BCUT2D eigenvalue weighted by Crippen LogP contribution is 2.22. The molecule has 1 saturated heterocycles. The molecule has 28 heavy (non-hydrogen) atoms. The van der Waals surface area contributed by atoms with Crippen molar-refractivity contribution < 1.29 is 9.59 Å². The van der Waals surface area contributed by atoms with Crippen molar-refractivity contribution in [3.05, 3.63) is 77.0 Å². The fourth-order valence-electron chi connectivity index (χ4n) is 3.70. The van der Waals surface area contributed by atoms with Gasteiger partial charge in [0.2, 0.25) is 0 Å². The minimum atomic E-state index is 0.00732. The SMILES string of the molecule is Cc1ccc2nc(C)cc(C(=O)N3CCN(C(=O)c4ccccc4)CC3)c2c1. The number of benzene rings is 2. The van der Waals surface area contributed by atoms with E-state index in [1.807, 2.05) is 78.2 Å². The molecule has 0 aliphatic carbocycles. The Morgan fingerprint density at radius 3 is 2.14 bits per heavy atom. The molecular formula is C23H23N3O2. The zero-order valence-electron chi connectivity index (χ0n) is 16.2. The van der Waals surface area contributed by atoms with Gasteiger partial charge in [-0.2, -0.15) is 0 Å². The number of aryl methyl sites for hydroxylation is 2. The summed E-state index contributed by atoms with van der Waals surface area (Å²) in [5.74, 6) is 0.0291. The van der Waals surface area contributed by atoms with Gasteiger partial charge in [0, 0.05) is 42.8 Å². The number of nitrogens with zero attached hydrogens (tertiary/aromatic N) is 3. The van der Waals surface area contributed by atoms with Crippen molar-refractivity contribution in [3.63, 3.8) is 0 Å². The quantitative estimate of drug-likeness (QED) is 0.691. The van der Waals surface area contributed by atoms with Gasteiger partial charge in [0.25, 0.3) is 11.8 Å². The number of amides is 2. The Labute approximate surface area is 164 Å². The van der Waals surface area contributed by atoms with Gasteiger partial charge in [-0.1, -0.05) is 29.8 Å². The zero-order valence-corrected chi connectivity index (χ0v) is 16.2. The lowest BCUT2D eigenvalue weighted by atomic mass is 10.0. The molecule has 3 aromatic rings. The summed E-state index contributed by atoms with van der Waals surface area (Å²) in [7, 11) is 0. The van der Waals surface area contributed by atoms with E-state index in [1.165, 1.54) is 0 Å². The summed E-state index contributed by atoms with van der Waals surface area (Å²) in [6.45, 7) is 6.08. The van der Waals surface area contributed by atoms with Crippen LogP contribution in [0, 0.1) is 13.8 Å². The summed E-state index contributed by atoms with van der Waals surface area (Å²) in [5, 5.41) is 0.887. The van der Waals surface area contributed by atoms with E-state index in [4.69, 9.17) is 0 Å². The third-order valence-electron chi connectivity index (χ3n) is 5.20. The first-order chi connectivity index (χ1) is 13.5. The van der Waals surface area contributed by atoms with Crippen LogP contribution in [-0.2, 0) is 0 Å². The lowest BCUT2D eigenvalue weighted by Crippen LogP contribution is -2.50. The van der Waals surface area contributed by atoms with Crippen LogP contribution in [0.15, 0.2) is 54.6 Å². The summed E-state index contributed by atoms with van der Waals surface area (Å²) < 4.78 is 0. The van der Waals surface area contributed by atoms with Gasteiger partial charge >= 0.3 is 0 Å². The van der Waals surface area contributed by atoms with Gasteiger partial charge in [-0.05, 0) is 44.2 Å². The molecule has 142 valence electrons. The van der Waals surface area contributed by atoms with Crippen LogP contribution in [0.2, 0.25) is 0 Å². The Bertz CT molecular complexity index is 1040. The average molecular weight is 373 g/mol. The number of rotatable bonds is 2. The average Bonchev–Trinajstić information content (AvgIpc) is 2.73. The zero-order chi connectivity index (χ0) is 19.7. The third kappa shape index (κ3) is 3.48. The Hall–Kier alpha value is -3.21. The molecule has 0 N–H and O–H groups in total. The van der Waals surface area contributed by atoms with Crippen LogP contribution in [0.1, 0.15) is 32.0 Å². The molecule has 0 atom stereocenters. The van der Waals surface area contributed by atoms with Crippen LogP contribution >= 0.6 is 0 Å². The molecule has 0 spiro atoms. The maximum Gasteiger partial charge on any atom is 0.254 e. The number of pyridine rings is 1. The first kappa shape index (κ1) is 18.2. The number of carbonyl (C=O) groups excluding carboxylic acids is 2. The predicted octanol–water partition coefficient (Wildman–Crippen LogP) is 3.45. The van der Waals surface area contributed by atoms with Gasteiger partial charge in [0.1, 0.15) is 0 Å². The van der Waals surface area contributed by atoms with E-state index < -0.39 is 0 Å². The van der Waals surface area contributed by atoms with E-state index in [-0.39, 0.29) is 11.8 Å². The summed E-state index contributed by atoms with van der Waals surface area (Å²) in [4.78, 5) is 34.0. The molecule has 0 bridgehead atoms. The summed E-state index contributed by atoms with van der Waals surface area (Å²) >= 11 is 0. The normalized spacial score (nSPS) is 14.4. The first-order valence-corrected chi connectivity index (χ1v) is 9.54. The molecule has 1 aliphatic heterocycles. The van der Waals surface area contributed by atoms with Crippen molar-refractivity contribution in [1.29, 1.82) is 0 Å². The van der Waals surface area contributed by atoms with E-state index >= 15 is 0 Å². The van der Waals surface area contributed by atoms with Crippen LogP contribution in [0.4, 0.5) is 0 Å². The highest BCUT2D eigenvalue weighted by molar-refractivity contribution is 6.06. The third-order valence-corrected chi connectivity index (χ3v) is 5.20. The van der Waals surface area contributed by atoms with Crippen molar-refractivity contribution in [2.75, 3.05) is 26.2 Å². The topological polar surface area (TPSA) is 53.5 Å². The standard InChI is InChI=1S/C23H23N3O2/c1-16-8-9-21-19(14-16)20(15-17(2)24-21)23(28)26-12-10-25(11-13-26)22(27)18-6-4-3-5-7-18/h3-9,14-15H,10-13H2,1-2H3. The van der Waals surface area contributed by atoms with Gasteiger partial charge in [-0.15, -0.1) is 0 Å². The summed E-state index contributed by atoms with van der Waals surface area (Å²) in [6.07, 6.45) is 0. The second-order valence-corrected chi connectivity index (χ2v) is 7.28. The molecule has 4 rings (SSSR count). The minimum absolute atomic E-state index is 0.00732. The number of fused-ring (bicyclic) bond motifs is 1. The fraction of sp³-hybridized carbons (Fsp3) is 0.261. The molecule has 2 heterocycles. The maximum absolute atomic E-state index is 13.2. The van der Waals surface area contributed by atoms with Gasteiger partial charge in [0.05, 0.1) is 11.1 Å². The first-order valence-electron chi connectivity index (χ1n) is 9.54. The lowest BCUT2D eigenvalue weighted by Gasteiger charge is -2.35. The highest BCUT2D eigenvalue weighted by atomic mass is 16.2.